The summed E-state index contributed by atoms with van der Waals surface area (Å²) in [5.74, 6) is 0.0393. The number of hydrogen-bond donors (Lipinski definition) is 1. The second kappa shape index (κ2) is 4.69. The maximum atomic E-state index is 12.0. The van der Waals surface area contributed by atoms with Crippen LogP contribution in [0.15, 0.2) is 24.3 Å². The van der Waals surface area contributed by atoms with E-state index in [4.69, 9.17) is 11.6 Å². The number of nitrogens with one attached hydrogen (secondary N) is 1. The Morgan fingerprint density at radius 3 is 1.94 bits per heavy atom. The highest BCUT2D eigenvalue weighted by Crippen LogP contribution is 2.24. The Hall–Kier alpha value is -1.02. The predicted octanol–water partition coefficient (Wildman–Crippen LogP) is 3.74. The molecule has 17 heavy (non-hydrogen) atoms. The van der Waals surface area contributed by atoms with Gasteiger partial charge in [0.2, 0.25) is 5.91 Å². The van der Waals surface area contributed by atoms with Gasteiger partial charge in [0, 0.05) is 10.4 Å². The largest absolute Gasteiger partial charge is 0.347 e. The Morgan fingerprint density at radius 2 is 1.53 bits per heavy atom. The van der Waals surface area contributed by atoms with E-state index < -0.39 is 5.54 Å². The minimum absolute atomic E-state index is 0.0393. The molecule has 0 fully saturated rings. The quantitative estimate of drug-likeness (QED) is 0.855. The first kappa shape index (κ1) is 14.0. The van der Waals surface area contributed by atoms with Crippen molar-refractivity contribution in [1.29, 1.82) is 0 Å². The van der Waals surface area contributed by atoms with E-state index in [1.807, 2.05) is 58.9 Å². The Kier molecular flexibility index (Phi) is 3.88. The molecule has 0 aromatic heterocycles. The summed E-state index contributed by atoms with van der Waals surface area (Å²) in [6.45, 7) is 9.68. The molecule has 0 heterocycles. The predicted molar refractivity (Wildman–Crippen MR) is 72.1 cm³/mol. The second-order valence-electron chi connectivity index (χ2n) is 5.84. The number of amides is 1. The van der Waals surface area contributed by atoms with Gasteiger partial charge in [-0.25, -0.2) is 0 Å². The molecule has 2 nitrogen and oxygen atoms in total. The first-order valence-corrected chi connectivity index (χ1v) is 6.09. The summed E-state index contributed by atoms with van der Waals surface area (Å²) in [6.07, 6.45) is 0. The fourth-order valence-electron chi connectivity index (χ4n) is 1.41. The molecule has 0 saturated carbocycles. The average molecular weight is 254 g/mol. The van der Waals surface area contributed by atoms with Crippen molar-refractivity contribution < 1.29 is 4.79 Å². The Balaban J connectivity index is 2.89. The molecule has 1 amide bonds. The molecular weight excluding hydrogens is 234 g/mol. The number of carbonyl (C=O) groups is 1. The number of carbonyl (C=O) groups excluding carboxylic acids is 1. The van der Waals surface area contributed by atoms with Crippen LogP contribution in [0.1, 0.15) is 40.2 Å². The maximum absolute atomic E-state index is 12.0. The molecule has 3 heteroatoms. The van der Waals surface area contributed by atoms with Gasteiger partial charge in [0.15, 0.2) is 0 Å². The van der Waals surface area contributed by atoms with Gasteiger partial charge >= 0.3 is 0 Å². The van der Waals surface area contributed by atoms with Crippen molar-refractivity contribution in [1.82, 2.24) is 5.32 Å². The fraction of sp³-hybridized carbons (Fsp3) is 0.500. The van der Waals surface area contributed by atoms with Crippen molar-refractivity contribution in [2.24, 2.45) is 5.41 Å². The molecule has 1 aromatic carbocycles. The maximum Gasteiger partial charge on any atom is 0.226 e. The highest BCUT2D eigenvalue weighted by atomic mass is 35.5. The van der Waals surface area contributed by atoms with E-state index in [1.165, 1.54) is 0 Å². The van der Waals surface area contributed by atoms with Crippen molar-refractivity contribution in [3.05, 3.63) is 34.9 Å². The van der Waals surface area contributed by atoms with Gasteiger partial charge in [0.05, 0.1) is 5.54 Å². The normalized spacial score (nSPS) is 12.4. The Labute approximate surface area is 108 Å². The third-order valence-corrected chi connectivity index (χ3v) is 2.93. The SMILES string of the molecule is CC(C)(C)C(=O)NC(C)(C)c1ccc(Cl)cc1. The molecule has 0 unspecified atom stereocenters. The zero-order chi connectivity index (χ0) is 13.3. The van der Waals surface area contributed by atoms with Gasteiger partial charge in [-0.1, -0.05) is 44.5 Å². The topological polar surface area (TPSA) is 29.1 Å². The van der Waals surface area contributed by atoms with E-state index in [1.54, 1.807) is 0 Å². The van der Waals surface area contributed by atoms with E-state index in [9.17, 15) is 4.79 Å². The number of benzene rings is 1. The second-order valence-corrected chi connectivity index (χ2v) is 6.27. The van der Waals surface area contributed by atoms with Crippen LogP contribution in [-0.4, -0.2) is 5.91 Å². The average Bonchev–Trinajstić information content (AvgIpc) is 2.16. The van der Waals surface area contributed by atoms with Gasteiger partial charge in [-0.15, -0.1) is 0 Å². The molecule has 0 aliphatic rings. The van der Waals surface area contributed by atoms with Crippen molar-refractivity contribution in [3.63, 3.8) is 0 Å². The van der Waals surface area contributed by atoms with Gasteiger partial charge in [0.1, 0.15) is 0 Å². The van der Waals surface area contributed by atoms with Crippen molar-refractivity contribution >= 4 is 17.5 Å². The Morgan fingerprint density at radius 1 is 1.06 bits per heavy atom. The molecule has 0 aliphatic carbocycles. The number of rotatable bonds is 2. The summed E-state index contributed by atoms with van der Waals surface area (Å²) in [5, 5.41) is 3.75. The summed E-state index contributed by atoms with van der Waals surface area (Å²) < 4.78 is 0. The smallest absolute Gasteiger partial charge is 0.226 e. The molecular formula is C14H20ClNO. The van der Waals surface area contributed by atoms with E-state index >= 15 is 0 Å². The van der Waals surface area contributed by atoms with Crippen molar-refractivity contribution in [2.75, 3.05) is 0 Å². The van der Waals surface area contributed by atoms with Crippen molar-refractivity contribution in [2.45, 2.75) is 40.2 Å². The van der Waals surface area contributed by atoms with Crippen LogP contribution >= 0.6 is 11.6 Å². The first-order chi connectivity index (χ1) is 7.63. The van der Waals surface area contributed by atoms with Crippen LogP contribution in [0.5, 0.6) is 0 Å². The van der Waals surface area contributed by atoms with Gasteiger partial charge in [-0.3, -0.25) is 4.79 Å². The minimum atomic E-state index is -0.394. The highest BCUT2D eigenvalue weighted by molar-refractivity contribution is 6.30. The lowest BCUT2D eigenvalue weighted by Crippen LogP contribution is -2.46. The van der Waals surface area contributed by atoms with Crippen LogP contribution in [0.4, 0.5) is 0 Å². The van der Waals surface area contributed by atoms with Gasteiger partial charge < -0.3 is 5.32 Å². The number of hydrogen-bond acceptors (Lipinski definition) is 1. The third kappa shape index (κ3) is 3.74. The highest BCUT2D eigenvalue weighted by Gasteiger charge is 2.29. The summed E-state index contributed by atoms with van der Waals surface area (Å²) in [5.41, 5.74) is 0.262. The summed E-state index contributed by atoms with van der Waals surface area (Å²) in [4.78, 5) is 12.0. The molecule has 1 N–H and O–H groups in total. The standard InChI is InChI=1S/C14H20ClNO/c1-13(2,3)12(17)16-14(4,5)10-6-8-11(15)9-7-10/h6-9H,1-5H3,(H,16,17). The van der Waals surface area contributed by atoms with Crippen LogP contribution in [0, 0.1) is 5.41 Å². The molecule has 0 aliphatic heterocycles. The summed E-state index contributed by atoms with van der Waals surface area (Å²) in [7, 11) is 0. The van der Waals surface area contributed by atoms with Gasteiger partial charge in [-0.05, 0) is 31.5 Å². The monoisotopic (exact) mass is 253 g/mol. The third-order valence-electron chi connectivity index (χ3n) is 2.67. The lowest BCUT2D eigenvalue weighted by atomic mass is 9.90. The van der Waals surface area contributed by atoms with Gasteiger partial charge in [-0.2, -0.15) is 0 Å². The van der Waals surface area contributed by atoms with E-state index in [0.717, 1.165) is 5.56 Å². The number of halogens is 1. The lowest BCUT2D eigenvalue weighted by molar-refractivity contribution is -0.130. The summed E-state index contributed by atoms with van der Waals surface area (Å²) in [6, 6.07) is 7.54. The van der Waals surface area contributed by atoms with Crippen LogP contribution in [0.2, 0.25) is 5.02 Å². The zero-order valence-corrected chi connectivity index (χ0v) is 11.9. The Bertz CT molecular complexity index is 401. The lowest BCUT2D eigenvalue weighted by Gasteiger charge is -2.30. The molecule has 94 valence electrons. The van der Waals surface area contributed by atoms with E-state index in [2.05, 4.69) is 5.32 Å². The summed E-state index contributed by atoms with van der Waals surface area (Å²) >= 11 is 5.85. The fourth-order valence-corrected chi connectivity index (χ4v) is 1.54. The van der Waals surface area contributed by atoms with Crippen LogP contribution < -0.4 is 5.32 Å². The van der Waals surface area contributed by atoms with Crippen molar-refractivity contribution in [3.8, 4) is 0 Å². The zero-order valence-electron chi connectivity index (χ0n) is 11.1. The molecule has 0 saturated heterocycles. The van der Waals surface area contributed by atoms with Gasteiger partial charge in [0.25, 0.3) is 0 Å². The van der Waals surface area contributed by atoms with Crippen LogP contribution in [0.3, 0.4) is 0 Å². The molecule has 0 bridgehead atoms. The van der Waals surface area contributed by atoms with E-state index in [-0.39, 0.29) is 11.3 Å². The molecule has 1 aromatic rings. The molecule has 0 atom stereocenters. The van der Waals surface area contributed by atoms with Crippen LogP contribution in [0.25, 0.3) is 0 Å². The van der Waals surface area contributed by atoms with E-state index in [0.29, 0.717) is 5.02 Å². The first-order valence-electron chi connectivity index (χ1n) is 5.71. The molecule has 0 spiro atoms. The molecule has 1 rings (SSSR count). The van der Waals surface area contributed by atoms with Crippen LogP contribution in [-0.2, 0) is 10.3 Å². The minimum Gasteiger partial charge on any atom is -0.347 e. The molecule has 0 radical (unpaired) electrons.